The summed E-state index contributed by atoms with van der Waals surface area (Å²) in [5.41, 5.74) is 0.914. The number of carbonyl (C=O) groups is 2. The molecule has 2 rings (SSSR count). The van der Waals surface area contributed by atoms with Gasteiger partial charge >= 0.3 is 5.97 Å². The summed E-state index contributed by atoms with van der Waals surface area (Å²) in [6.07, 6.45) is 1.59. The standard InChI is InChI=1S/C14H15N3O4/c1-9(18)12(14(20)21)16-13(19)11-7-15-8-17(11)10-5-3-2-4-6-10/h2-9,12,18H,1H3,(H,16,19)(H,20,21). The van der Waals surface area contributed by atoms with Gasteiger partial charge in [-0.2, -0.15) is 0 Å². The van der Waals surface area contributed by atoms with E-state index >= 15 is 0 Å². The van der Waals surface area contributed by atoms with E-state index in [1.165, 1.54) is 24.0 Å². The van der Waals surface area contributed by atoms with E-state index in [1.54, 1.807) is 12.1 Å². The van der Waals surface area contributed by atoms with E-state index in [0.29, 0.717) is 0 Å². The third-order valence-corrected chi connectivity index (χ3v) is 2.94. The lowest BCUT2D eigenvalue weighted by Crippen LogP contribution is -2.48. The summed E-state index contributed by atoms with van der Waals surface area (Å²) in [5, 5.41) is 20.7. The molecule has 110 valence electrons. The monoisotopic (exact) mass is 289 g/mol. The summed E-state index contributed by atoms with van der Waals surface area (Å²) in [5.74, 6) is -1.92. The van der Waals surface area contributed by atoms with Crippen LogP contribution in [0.25, 0.3) is 5.69 Å². The maximum absolute atomic E-state index is 12.2. The molecule has 0 aliphatic heterocycles. The largest absolute Gasteiger partial charge is 0.480 e. The molecule has 0 aliphatic rings. The lowest BCUT2D eigenvalue weighted by Gasteiger charge is -2.17. The summed E-state index contributed by atoms with van der Waals surface area (Å²) >= 11 is 0. The van der Waals surface area contributed by atoms with Crippen LogP contribution in [0.2, 0.25) is 0 Å². The first kappa shape index (κ1) is 14.7. The molecule has 7 heteroatoms. The molecule has 1 aromatic carbocycles. The van der Waals surface area contributed by atoms with E-state index in [-0.39, 0.29) is 5.69 Å². The van der Waals surface area contributed by atoms with Crippen LogP contribution in [0.15, 0.2) is 42.9 Å². The predicted molar refractivity (Wildman–Crippen MR) is 74.1 cm³/mol. The lowest BCUT2D eigenvalue weighted by molar-refractivity contribution is -0.141. The van der Waals surface area contributed by atoms with E-state index in [2.05, 4.69) is 10.3 Å². The van der Waals surface area contributed by atoms with Crippen LogP contribution in [-0.4, -0.2) is 43.8 Å². The van der Waals surface area contributed by atoms with Gasteiger partial charge in [-0.1, -0.05) is 18.2 Å². The first-order valence-electron chi connectivity index (χ1n) is 6.30. The number of carbonyl (C=O) groups excluding carboxylic acids is 1. The fraction of sp³-hybridized carbons (Fsp3) is 0.214. The Morgan fingerprint density at radius 2 is 1.95 bits per heavy atom. The Bertz CT molecular complexity index is 637. The van der Waals surface area contributed by atoms with E-state index in [0.717, 1.165) is 5.69 Å². The van der Waals surface area contributed by atoms with Crippen LogP contribution in [0.1, 0.15) is 17.4 Å². The Labute approximate surface area is 120 Å². The molecular weight excluding hydrogens is 274 g/mol. The zero-order chi connectivity index (χ0) is 15.4. The van der Waals surface area contributed by atoms with Crippen LogP contribution >= 0.6 is 0 Å². The number of para-hydroxylation sites is 1. The number of aromatic nitrogens is 2. The number of aliphatic hydroxyl groups excluding tert-OH is 1. The Morgan fingerprint density at radius 3 is 2.52 bits per heavy atom. The van der Waals surface area contributed by atoms with E-state index in [1.807, 2.05) is 18.2 Å². The summed E-state index contributed by atoms with van der Waals surface area (Å²) in [4.78, 5) is 27.1. The van der Waals surface area contributed by atoms with Crippen LogP contribution in [0, 0.1) is 0 Å². The van der Waals surface area contributed by atoms with Gasteiger partial charge in [0, 0.05) is 5.69 Å². The topological polar surface area (TPSA) is 104 Å². The maximum Gasteiger partial charge on any atom is 0.328 e. The van der Waals surface area contributed by atoms with Crippen molar-refractivity contribution in [3.8, 4) is 5.69 Å². The average Bonchev–Trinajstić information content (AvgIpc) is 2.94. The van der Waals surface area contributed by atoms with Gasteiger partial charge < -0.3 is 15.5 Å². The Hall–Kier alpha value is -2.67. The van der Waals surface area contributed by atoms with Crippen molar-refractivity contribution in [2.45, 2.75) is 19.1 Å². The zero-order valence-corrected chi connectivity index (χ0v) is 11.3. The maximum atomic E-state index is 12.2. The van der Waals surface area contributed by atoms with Crippen molar-refractivity contribution in [1.29, 1.82) is 0 Å². The number of aliphatic hydroxyl groups is 1. The van der Waals surface area contributed by atoms with Crippen molar-refractivity contribution >= 4 is 11.9 Å². The molecule has 2 aromatic rings. The van der Waals surface area contributed by atoms with Gasteiger partial charge in [-0.15, -0.1) is 0 Å². The normalized spacial score (nSPS) is 13.4. The number of imidazole rings is 1. The molecule has 1 aromatic heterocycles. The minimum absolute atomic E-state index is 0.188. The number of aliphatic carboxylic acids is 1. The Morgan fingerprint density at radius 1 is 1.29 bits per heavy atom. The minimum Gasteiger partial charge on any atom is -0.480 e. The molecule has 1 amide bonds. The number of nitrogens with one attached hydrogen (secondary N) is 1. The van der Waals surface area contributed by atoms with Gasteiger partial charge in [0.05, 0.1) is 18.6 Å². The van der Waals surface area contributed by atoms with E-state index in [9.17, 15) is 14.7 Å². The highest BCUT2D eigenvalue weighted by Crippen LogP contribution is 2.11. The van der Waals surface area contributed by atoms with Gasteiger partial charge in [-0.3, -0.25) is 9.36 Å². The molecule has 2 atom stereocenters. The van der Waals surface area contributed by atoms with Gasteiger partial charge in [0.1, 0.15) is 5.69 Å². The number of carboxylic acids is 1. The number of hydrogen-bond donors (Lipinski definition) is 3. The molecule has 21 heavy (non-hydrogen) atoms. The Kier molecular flexibility index (Phi) is 4.34. The van der Waals surface area contributed by atoms with Gasteiger partial charge in [-0.25, -0.2) is 9.78 Å². The number of hydrogen-bond acceptors (Lipinski definition) is 4. The van der Waals surface area contributed by atoms with Crippen molar-refractivity contribution in [2.75, 3.05) is 0 Å². The van der Waals surface area contributed by atoms with E-state index < -0.39 is 24.0 Å². The van der Waals surface area contributed by atoms with Crippen LogP contribution in [-0.2, 0) is 4.79 Å². The molecule has 7 nitrogen and oxygen atoms in total. The molecule has 0 bridgehead atoms. The number of amides is 1. The van der Waals surface area contributed by atoms with Crippen molar-refractivity contribution in [1.82, 2.24) is 14.9 Å². The summed E-state index contributed by atoms with van der Waals surface area (Å²) in [7, 11) is 0. The van der Waals surface area contributed by atoms with Crippen molar-refractivity contribution in [3.05, 3.63) is 48.5 Å². The summed E-state index contributed by atoms with van der Waals surface area (Å²) in [6, 6.07) is 7.67. The number of benzene rings is 1. The number of rotatable bonds is 5. The van der Waals surface area contributed by atoms with Crippen molar-refractivity contribution in [2.24, 2.45) is 0 Å². The first-order chi connectivity index (χ1) is 10.0. The second kappa shape index (κ2) is 6.19. The zero-order valence-electron chi connectivity index (χ0n) is 11.3. The highest BCUT2D eigenvalue weighted by atomic mass is 16.4. The second-order valence-electron chi connectivity index (χ2n) is 4.51. The molecular formula is C14H15N3O4. The van der Waals surface area contributed by atoms with E-state index in [4.69, 9.17) is 5.11 Å². The highest BCUT2D eigenvalue weighted by molar-refractivity contribution is 5.95. The Balaban J connectivity index is 2.25. The first-order valence-corrected chi connectivity index (χ1v) is 6.30. The number of nitrogens with zero attached hydrogens (tertiary/aromatic N) is 2. The summed E-state index contributed by atoms with van der Waals surface area (Å²) < 4.78 is 1.54. The number of carboxylic acid groups (broad SMARTS) is 1. The molecule has 3 N–H and O–H groups in total. The molecule has 0 saturated heterocycles. The molecule has 1 heterocycles. The van der Waals surface area contributed by atoms with Gasteiger partial charge in [0.2, 0.25) is 0 Å². The lowest BCUT2D eigenvalue weighted by atomic mass is 10.2. The van der Waals surface area contributed by atoms with Crippen LogP contribution in [0.3, 0.4) is 0 Å². The molecule has 0 radical (unpaired) electrons. The van der Waals surface area contributed by atoms with Gasteiger partial charge in [-0.05, 0) is 19.1 Å². The van der Waals surface area contributed by atoms with Gasteiger partial charge in [0.15, 0.2) is 6.04 Å². The SMILES string of the molecule is CC(O)C(NC(=O)c1cncn1-c1ccccc1)C(=O)O. The van der Waals surface area contributed by atoms with Gasteiger partial charge in [0.25, 0.3) is 5.91 Å². The molecule has 2 unspecified atom stereocenters. The molecule has 0 aliphatic carbocycles. The molecule has 0 fully saturated rings. The smallest absolute Gasteiger partial charge is 0.328 e. The quantitative estimate of drug-likeness (QED) is 0.740. The fourth-order valence-corrected chi connectivity index (χ4v) is 1.86. The second-order valence-corrected chi connectivity index (χ2v) is 4.51. The van der Waals surface area contributed by atoms with Crippen LogP contribution < -0.4 is 5.32 Å². The van der Waals surface area contributed by atoms with Crippen LogP contribution in [0.4, 0.5) is 0 Å². The third kappa shape index (κ3) is 3.26. The third-order valence-electron chi connectivity index (χ3n) is 2.94. The minimum atomic E-state index is -1.38. The van der Waals surface area contributed by atoms with Crippen molar-refractivity contribution < 1.29 is 19.8 Å². The average molecular weight is 289 g/mol. The summed E-state index contributed by atoms with van der Waals surface area (Å²) in [6.45, 7) is 1.30. The highest BCUT2D eigenvalue weighted by Gasteiger charge is 2.26. The molecule has 0 saturated carbocycles. The molecule has 0 spiro atoms. The predicted octanol–water partition coefficient (Wildman–Crippen LogP) is 0.436. The fourth-order valence-electron chi connectivity index (χ4n) is 1.86. The van der Waals surface area contributed by atoms with Crippen LogP contribution in [0.5, 0.6) is 0 Å². The van der Waals surface area contributed by atoms with Crippen molar-refractivity contribution in [3.63, 3.8) is 0 Å².